The molecular weight excluding hydrogens is 366 g/mol. The molecule has 1 fully saturated rings. The summed E-state index contributed by atoms with van der Waals surface area (Å²) in [4.78, 5) is 30.1. The number of carbonyl (C=O) groups is 1. The van der Waals surface area contributed by atoms with Crippen LogP contribution in [0.2, 0.25) is 0 Å². The first-order valence-electron chi connectivity index (χ1n) is 9.93. The zero-order chi connectivity index (χ0) is 20.4. The van der Waals surface area contributed by atoms with Crippen LogP contribution in [-0.4, -0.2) is 48.7 Å². The number of amides is 1. The van der Waals surface area contributed by atoms with Crippen LogP contribution >= 0.6 is 0 Å². The predicted octanol–water partition coefficient (Wildman–Crippen LogP) is 2.99. The first-order chi connectivity index (χ1) is 14.1. The number of pyridine rings is 1. The molecule has 3 aromatic rings. The van der Waals surface area contributed by atoms with Crippen molar-refractivity contribution in [3.05, 3.63) is 70.5 Å². The first kappa shape index (κ1) is 19.1. The minimum absolute atomic E-state index is 0.192. The smallest absolute Gasteiger partial charge is 0.259 e. The van der Waals surface area contributed by atoms with E-state index in [-0.39, 0.29) is 16.9 Å². The monoisotopic (exact) mass is 391 g/mol. The molecule has 0 unspecified atom stereocenters. The number of carbonyl (C=O) groups excluding carboxylic acids is 1. The summed E-state index contributed by atoms with van der Waals surface area (Å²) in [6.45, 7) is 5.23. The number of rotatable bonds is 4. The summed E-state index contributed by atoms with van der Waals surface area (Å²) in [6.07, 6.45) is 1.71. The maximum atomic E-state index is 13.2. The number of benzene rings is 2. The molecule has 6 heteroatoms. The lowest BCUT2D eigenvalue weighted by atomic mass is 10.1. The Bertz CT molecular complexity index is 1100. The van der Waals surface area contributed by atoms with Crippen molar-refractivity contribution < 1.29 is 9.53 Å². The molecule has 0 radical (unpaired) electrons. The van der Waals surface area contributed by atoms with Gasteiger partial charge in [0, 0.05) is 44.3 Å². The van der Waals surface area contributed by atoms with Crippen LogP contribution in [0.4, 0.5) is 5.69 Å². The number of ether oxygens (including phenoxy) is 1. The molecule has 1 saturated heterocycles. The van der Waals surface area contributed by atoms with Crippen molar-refractivity contribution in [3.63, 3.8) is 0 Å². The minimum atomic E-state index is -0.192. The maximum Gasteiger partial charge on any atom is 0.259 e. The molecule has 4 rings (SSSR count). The molecule has 0 atom stereocenters. The van der Waals surface area contributed by atoms with Gasteiger partial charge >= 0.3 is 0 Å². The summed E-state index contributed by atoms with van der Waals surface area (Å²) in [7, 11) is 1.66. The van der Waals surface area contributed by atoms with Gasteiger partial charge in [-0.15, -0.1) is 0 Å². The number of piperazine rings is 1. The van der Waals surface area contributed by atoms with Gasteiger partial charge in [-0.3, -0.25) is 9.59 Å². The molecule has 0 N–H and O–H groups in total. The van der Waals surface area contributed by atoms with Crippen molar-refractivity contribution in [3.8, 4) is 5.75 Å². The minimum Gasteiger partial charge on any atom is -0.495 e. The van der Waals surface area contributed by atoms with Crippen LogP contribution in [-0.2, 0) is 6.54 Å². The number of para-hydroxylation sites is 3. The van der Waals surface area contributed by atoms with Crippen molar-refractivity contribution in [2.75, 3.05) is 38.2 Å². The van der Waals surface area contributed by atoms with E-state index in [4.69, 9.17) is 4.74 Å². The van der Waals surface area contributed by atoms with Crippen molar-refractivity contribution in [1.29, 1.82) is 0 Å². The van der Waals surface area contributed by atoms with Gasteiger partial charge in [0.2, 0.25) is 5.43 Å². The number of aryl methyl sites for hydroxylation is 1. The Morgan fingerprint density at radius 3 is 2.41 bits per heavy atom. The highest BCUT2D eigenvalue weighted by atomic mass is 16.5. The first-order valence-corrected chi connectivity index (χ1v) is 9.93. The average Bonchev–Trinajstić information content (AvgIpc) is 2.79. The summed E-state index contributed by atoms with van der Waals surface area (Å²) >= 11 is 0. The second kappa shape index (κ2) is 7.99. The normalized spacial score (nSPS) is 14.3. The zero-order valence-electron chi connectivity index (χ0n) is 16.8. The number of aromatic nitrogens is 1. The second-order valence-corrected chi connectivity index (χ2v) is 7.13. The Kier molecular flexibility index (Phi) is 5.25. The van der Waals surface area contributed by atoms with Gasteiger partial charge in [-0.25, -0.2) is 0 Å². The van der Waals surface area contributed by atoms with E-state index in [9.17, 15) is 9.59 Å². The van der Waals surface area contributed by atoms with E-state index in [2.05, 4.69) is 4.90 Å². The summed E-state index contributed by atoms with van der Waals surface area (Å²) in [6, 6.07) is 15.4. The molecule has 1 aliphatic heterocycles. The molecule has 1 aromatic heterocycles. The number of fused-ring (bicyclic) bond motifs is 1. The van der Waals surface area contributed by atoms with Crippen molar-refractivity contribution >= 4 is 22.5 Å². The maximum absolute atomic E-state index is 13.2. The molecule has 2 aromatic carbocycles. The molecule has 6 nitrogen and oxygen atoms in total. The highest BCUT2D eigenvalue weighted by molar-refractivity contribution is 5.97. The average molecular weight is 391 g/mol. The van der Waals surface area contributed by atoms with Crippen LogP contribution in [0, 0.1) is 0 Å². The fraction of sp³-hybridized carbons (Fsp3) is 0.304. The standard InChI is InChI=1S/C23H25N3O3/c1-3-24-16-18(22(27)17-8-4-5-9-19(17)24)23(28)26-14-12-25(13-15-26)20-10-6-7-11-21(20)29-2/h4-11,16H,3,12-15H2,1-2H3. The summed E-state index contributed by atoms with van der Waals surface area (Å²) < 4.78 is 7.43. The van der Waals surface area contributed by atoms with Gasteiger partial charge in [-0.2, -0.15) is 0 Å². The van der Waals surface area contributed by atoms with E-state index in [0.29, 0.717) is 38.1 Å². The molecule has 150 valence electrons. The Hall–Kier alpha value is -3.28. The SMILES string of the molecule is CCn1cc(C(=O)N2CCN(c3ccccc3OC)CC2)c(=O)c2ccccc21. The number of methoxy groups -OCH3 is 1. The van der Waals surface area contributed by atoms with E-state index >= 15 is 0 Å². The predicted molar refractivity (Wildman–Crippen MR) is 115 cm³/mol. The summed E-state index contributed by atoms with van der Waals surface area (Å²) in [5.74, 6) is 0.635. The molecular formula is C23H25N3O3. The molecule has 2 heterocycles. The van der Waals surface area contributed by atoms with Gasteiger partial charge in [-0.05, 0) is 31.2 Å². The number of hydrogen-bond acceptors (Lipinski definition) is 4. The lowest BCUT2D eigenvalue weighted by Crippen LogP contribution is -2.49. The van der Waals surface area contributed by atoms with E-state index < -0.39 is 0 Å². The van der Waals surface area contributed by atoms with Crippen LogP contribution in [0.1, 0.15) is 17.3 Å². The van der Waals surface area contributed by atoms with Crippen molar-refractivity contribution in [1.82, 2.24) is 9.47 Å². The van der Waals surface area contributed by atoms with Crippen LogP contribution in [0.15, 0.2) is 59.5 Å². The highest BCUT2D eigenvalue weighted by Gasteiger charge is 2.26. The van der Waals surface area contributed by atoms with Crippen LogP contribution in [0.3, 0.4) is 0 Å². The van der Waals surface area contributed by atoms with Crippen molar-refractivity contribution in [2.45, 2.75) is 13.5 Å². The van der Waals surface area contributed by atoms with Crippen LogP contribution in [0.5, 0.6) is 5.75 Å². The topological polar surface area (TPSA) is 54.8 Å². The number of hydrogen-bond donors (Lipinski definition) is 0. The third kappa shape index (κ3) is 3.46. The van der Waals surface area contributed by atoms with E-state index in [1.54, 1.807) is 24.3 Å². The largest absolute Gasteiger partial charge is 0.495 e. The molecule has 0 bridgehead atoms. The highest BCUT2D eigenvalue weighted by Crippen LogP contribution is 2.28. The van der Waals surface area contributed by atoms with Crippen LogP contribution in [0.25, 0.3) is 10.9 Å². The van der Waals surface area contributed by atoms with Gasteiger partial charge in [0.1, 0.15) is 11.3 Å². The fourth-order valence-corrected chi connectivity index (χ4v) is 3.97. The van der Waals surface area contributed by atoms with Crippen LogP contribution < -0.4 is 15.1 Å². The lowest BCUT2D eigenvalue weighted by molar-refractivity contribution is 0.0745. The molecule has 1 aliphatic rings. The van der Waals surface area contributed by atoms with Gasteiger partial charge in [0.15, 0.2) is 0 Å². The summed E-state index contributed by atoms with van der Waals surface area (Å²) in [5, 5.41) is 0.591. The van der Waals surface area contributed by atoms with Gasteiger partial charge in [0.05, 0.1) is 18.3 Å². The number of anilines is 1. The quantitative estimate of drug-likeness (QED) is 0.686. The summed E-state index contributed by atoms with van der Waals surface area (Å²) in [5.41, 5.74) is 1.94. The van der Waals surface area contributed by atoms with E-state index in [1.807, 2.05) is 54.0 Å². The molecule has 0 aliphatic carbocycles. The molecule has 1 amide bonds. The Labute approximate surface area is 169 Å². The van der Waals surface area contributed by atoms with Crippen molar-refractivity contribution in [2.24, 2.45) is 0 Å². The second-order valence-electron chi connectivity index (χ2n) is 7.13. The lowest BCUT2D eigenvalue weighted by Gasteiger charge is -2.36. The van der Waals surface area contributed by atoms with E-state index in [0.717, 1.165) is 17.0 Å². The third-order valence-electron chi connectivity index (χ3n) is 5.55. The Balaban J connectivity index is 1.58. The number of nitrogens with zero attached hydrogens (tertiary/aromatic N) is 3. The molecule has 0 spiro atoms. The van der Waals surface area contributed by atoms with E-state index in [1.165, 1.54) is 0 Å². The fourth-order valence-electron chi connectivity index (χ4n) is 3.97. The zero-order valence-corrected chi connectivity index (χ0v) is 16.8. The Morgan fingerprint density at radius 1 is 1.00 bits per heavy atom. The molecule has 0 saturated carbocycles. The van der Waals surface area contributed by atoms with Gasteiger partial charge in [-0.1, -0.05) is 24.3 Å². The van der Waals surface area contributed by atoms with Gasteiger partial charge in [0.25, 0.3) is 5.91 Å². The van der Waals surface area contributed by atoms with Gasteiger partial charge < -0.3 is 19.1 Å². The third-order valence-corrected chi connectivity index (χ3v) is 5.55. The molecule has 29 heavy (non-hydrogen) atoms. The Morgan fingerprint density at radius 2 is 1.69 bits per heavy atom.